The Labute approximate surface area is 360 Å². The second-order valence-electron chi connectivity index (χ2n) is 17.5. The van der Waals surface area contributed by atoms with Gasteiger partial charge in [-0.05, 0) is 125 Å². The highest BCUT2D eigenvalue weighted by atomic mass is 16.2. The Hall–Kier alpha value is -5.63. The van der Waals surface area contributed by atoms with Crippen LogP contribution in [0.4, 0.5) is 21.2 Å². The Kier molecular flexibility index (Phi) is 14.6. The molecule has 2 aromatic heterocycles. The highest BCUT2D eigenvalue weighted by Gasteiger charge is 2.44. The number of carbonyl (C=O) groups is 5. The molecule has 0 atom stereocenters. The van der Waals surface area contributed by atoms with Crippen LogP contribution in [0.25, 0.3) is 0 Å². The number of benzene rings is 2. The lowest BCUT2D eigenvalue weighted by Gasteiger charge is -2.45. The number of carbonyl (C=O) groups excluding carboxylic acids is 5. The van der Waals surface area contributed by atoms with Crippen LogP contribution in [0.5, 0.6) is 0 Å². The normalized spacial score (nSPS) is 17.9. The fraction of sp³-hybridized carbons (Fsp3) is 0.511. The summed E-state index contributed by atoms with van der Waals surface area (Å²) >= 11 is 0. The molecule has 5 heterocycles. The summed E-state index contributed by atoms with van der Waals surface area (Å²) in [7, 11) is 0. The first-order valence-corrected chi connectivity index (χ1v) is 21.8. The average Bonchev–Trinajstić information content (AvgIpc) is 4.07. The molecule has 2 N–H and O–H groups in total. The summed E-state index contributed by atoms with van der Waals surface area (Å²) in [6.45, 7) is 16.4. The third kappa shape index (κ3) is 11.4. The number of hydrogen-bond donors (Lipinski definition) is 2. The van der Waals surface area contributed by atoms with Crippen molar-refractivity contribution in [3.8, 4) is 0 Å². The monoisotopic (exact) mass is 833 g/mol. The number of rotatable bonds is 5. The third-order valence-corrected chi connectivity index (χ3v) is 13.3. The zero-order valence-electron chi connectivity index (χ0n) is 36.8. The van der Waals surface area contributed by atoms with Crippen molar-refractivity contribution < 1.29 is 24.0 Å². The number of nitrogens with zero attached hydrogens (tertiary/aromatic N) is 7. The van der Waals surface area contributed by atoms with Crippen molar-refractivity contribution in [2.75, 3.05) is 43.4 Å². The molecule has 1 aliphatic carbocycles. The number of nitrogens with one attached hydrogen (secondary N) is 2. The van der Waals surface area contributed by atoms with Gasteiger partial charge < -0.3 is 20.4 Å². The molecule has 14 nitrogen and oxygen atoms in total. The first kappa shape index (κ1) is 44.9. The van der Waals surface area contributed by atoms with Gasteiger partial charge in [-0.25, -0.2) is 9.59 Å². The zero-order chi connectivity index (χ0) is 43.7. The molecule has 3 saturated heterocycles. The summed E-state index contributed by atoms with van der Waals surface area (Å²) in [5.41, 5.74) is 7.91. The lowest BCUT2D eigenvalue weighted by atomic mass is 9.77. The predicted octanol–water partition coefficient (Wildman–Crippen LogP) is 8.14. The third-order valence-electron chi connectivity index (χ3n) is 13.3. The second-order valence-corrected chi connectivity index (χ2v) is 17.5. The number of aryl methyl sites for hydroxylation is 4. The summed E-state index contributed by atoms with van der Waals surface area (Å²) in [6.07, 6.45) is 16.0. The number of hydrogen-bond acceptors (Lipinski definition) is 8. The lowest BCUT2D eigenvalue weighted by Crippen LogP contribution is -2.53. The minimum Gasteiger partial charge on any atom is -0.323 e. The summed E-state index contributed by atoms with van der Waals surface area (Å²) in [4.78, 5) is 64.1. The Morgan fingerprint density at radius 2 is 1.11 bits per heavy atom. The van der Waals surface area contributed by atoms with Gasteiger partial charge in [0.15, 0.2) is 11.6 Å². The molecule has 2 aromatic carbocycles. The van der Waals surface area contributed by atoms with Crippen LogP contribution in [-0.4, -0.2) is 103 Å². The van der Waals surface area contributed by atoms with Crippen LogP contribution in [0.3, 0.4) is 0 Å². The molecule has 3 aliphatic heterocycles. The van der Waals surface area contributed by atoms with Crippen LogP contribution >= 0.6 is 0 Å². The van der Waals surface area contributed by atoms with E-state index in [1.54, 1.807) is 24.5 Å². The van der Waals surface area contributed by atoms with E-state index < -0.39 is 0 Å². The Bertz CT molecular complexity index is 2180. The first-order chi connectivity index (χ1) is 29.2. The average molecular weight is 834 g/mol. The molecular formula is C47H63N9O5. The number of piperidine rings is 2. The zero-order valence-corrected chi connectivity index (χ0v) is 36.8. The van der Waals surface area contributed by atoms with Crippen LogP contribution in [-0.2, 0) is 16.1 Å². The first-order valence-electron chi connectivity index (χ1n) is 21.8. The van der Waals surface area contributed by atoms with E-state index in [1.165, 1.54) is 89.6 Å². The summed E-state index contributed by atoms with van der Waals surface area (Å²) < 4.78 is 2.64. The van der Waals surface area contributed by atoms with Gasteiger partial charge >= 0.3 is 12.1 Å². The number of amides is 4. The van der Waals surface area contributed by atoms with Gasteiger partial charge in [-0.3, -0.25) is 19.3 Å². The van der Waals surface area contributed by atoms with Crippen molar-refractivity contribution in [2.24, 2.45) is 5.41 Å². The van der Waals surface area contributed by atoms with Gasteiger partial charge in [0.05, 0.1) is 0 Å². The molecule has 1 saturated carbocycles. The minimum absolute atomic E-state index is 0.0977. The Morgan fingerprint density at radius 3 is 1.61 bits per heavy atom. The van der Waals surface area contributed by atoms with Crippen LogP contribution in [0.1, 0.15) is 116 Å². The van der Waals surface area contributed by atoms with Crippen molar-refractivity contribution in [2.45, 2.75) is 118 Å². The molecule has 4 amide bonds. The molecule has 4 aliphatic rings. The van der Waals surface area contributed by atoms with E-state index in [9.17, 15) is 24.0 Å². The fourth-order valence-corrected chi connectivity index (χ4v) is 9.32. The summed E-state index contributed by atoms with van der Waals surface area (Å²) in [5, 5.41) is 13.5. The van der Waals surface area contributed by atoms with Crippen molar-refractivity contribution in [3.63, 3.8) is 0 Å². The van der Waals surface area contributed by atoms with Crippen molar-refractivity contribution in [1.82, 2.24) is 34.3 Å². The molecule has 0 radical (unpaired) electrons. The maximum atomic E-state index is 12.8. The standard InChI is InChI=1S/C23H31N5O2.C15H22N4O2.C9H10O/c1-17-5-6-20(15-18(17)2)16-27-11-4-8-23(27)9-13-26(14-10-23)22(30)28-12-7-21(25-28)24-19(3)29;1-12(20)16-13-4-9-19(17-13)14(21)18-10-7-15(8-11-18)5-2-3-6-15;1-7-3-4-9(6-10)5-8(7)2/h5-7,12,15H,4,8-11,13-14,16H2,1-3H3,(H,24,25,29);4,9H,2-3,5-8,10-11H2,1H3,(H,16,17,20);3-6H,1-2H3. The van der Waals surface area contributed by atoms with Crippen LogP contribution in [0.2, 0.25) is 0 Å². The molecule has 61 heavy (non-hydrogen) atoms. The fourth-order valence-electron chi connectivity index (χ4n) is 9.32. The smallest absolute Gasteiger partial charge is 0.323 e. The minimum atomic E-state index is -0.197. The van der Waals surface area contributed by atoms with E-state index in [2.05, 4.69) is 57.8 Å². The topological polar surface area (TPSA) is 155 Å². The Balaban J connectivity index is 0.000000173. The van der Waals surface area contributed by atoms with E-state index in [-0.39, 0.29) is 29.4 Å². The van der Waals surface area contributed by atoms with Crippen molar-refractivity contribution in [1.29, 1.82) is 0 Å². The van der Waals surface area contributed by atoms with Crippen LogP contribution in [0, 0.1) is 33.1 Å². The van der Waals surface area contributed by atoms with Crippen molar-refractivity contribution in [3.05, 3.63) is 94.3 Å². The van der Waals surface area contributed by atoms with Gasteiger partial charge in [0.2, 0.25) is 11.8 Å². The number of likely N-dealkylation sites (tertiary alicyclic amines) is 3. The van der Waals surface area contributed by atoms with E-state index >= 15 is 0 Å². The summed E-state index contributed by atoms with van der Waals surface area (Å²) in [6, 6.07) is 15.5. The SMILES string of the molecule is CC(=O)Nc1ccn(C(=O)N2CCC3(CCCC3)CC2)n1.CC(=O)Nc1ccn(C(=O)N2CCC3(CCCN3Cc3ccc(C)c(C)c3)CC2)n1.Cc1ccc(C=O)cc1C. The molecule has 2 spiro atoms. The Morgan fingerprint density at radius 1 is 0.607 bits per heavy atom. The highest BCUT2D eigenvalue weighted by Crippen LogP contribution is 2.46. The number of aromatic nitrogens is 4. The molecule has 14 heteroatoms. The van der Waals surface area contributed by atoms with Gasteiger partial charge in [-0.1, -0.05) is 43.2 Å². The van der Waals surface area contributed by atoms with E-state index in [4.69, 9.17) is 0 Å². The molecule has 0 bridgehead atoms. The summed E-state index contributed by atoms with van der Waals surface area (Å²) in [5.74, 6) is 0.436. The highest BCUT2D eigenvalue weighted by molar-refractivity contribution is 5.88. The van der Waals surface area contributed by atoms with E-state index in [0.29, 0.717) is 17.1 Å². The number of anilines is 2. The molecule has 8 rings (SSSR count). The molecule has 0 unspecified atom stereocenters. The van der Waals surface area contributed by atoms with Gasteiger partial charge in [0, 0.05) is 82.2 Å². The maximum absolute atomic E-state index is 12.8. The van der Waals surface area contributed by atoms with Crippen LogP contribution in [0.15, 0.2) is 60.9 Å². The van der Waals surface area contributed by atoms with E-state index in [0.717, 1.165) is 76.8 Å². The van der Waals surface area contributed by atoms with Gasteiger partial charge in [-0.2, -0.15) is 9.36 Å². The largest absolute Gasteiger partial charge is 0.344 e. The van der Waals surface area contributed by atoms with Gasteiger partial charge in [0.25, 0.3) is 0 Å². The molecular weight excluding hydrogens is 771 g/mol. The van der Waals surface area contributed by atoms with Gasteiger partial charge in [-0.15, -0.1) is 10.2 Å². The quantitative estimate of drug-likeness (QED) is 0.191. The molecule has 4 fully saturated rings. The van der Waals surface area contributed by atoms with Crippen LogP contribution < -0.4 is 10.6 Å². The molecule has 326 valence electrons. The van der Waals surface area contributed by atoms with Crippen molar-refractivity contribution >= 4 is 41.8 Å². The number of aldehydes is 1. The van der Waals surface area contributed by atoms with E-state index in [1.807, 2.05) is 41.8 Å². The second kappa shape index (κ2) is 19.8. The predicted molar refractivity (Wildman–Crippen MR) is 237 cm³/mol. The lowest BCUT2D eigenvalue weighted by molar-refractivity contribution is -0.115. The molecule has 4 aromatic rings. The van der Waals surface area contributed by atoms with Gasteiger partial charge in [0.1, 0.15) is 6.29 Å². The maximum Gasteiger partial charge on any atom is 0.344 e.